The summed E-state index contributed by atoms with van der Waals surface area (Å²) < 4.78 is 0.481. The van der Waals surface area contributed by atoms with Crippen LogP contribution in [0, 0.1) is 14.8 Å². The van der Waals surface area contributed by atoms with E-state index in [1.807, 2.05) is 0 Å². The summed E-state index contributed by atoms with van der Waals surface area (Å²) in [6, 6.07) is 1.44. The molecule has 0 spiro atoms. The number of aromatic amines is 1. The molecule has 0 radical (unpaired) electrons. The highest BCUT2D eigenvalue weighted by atomic mass is 32.1. The standard InChI is InChI=1S/C6H3N3O2S2/c10-9(11)4-1-3-5(12)7-2-8-6(3)13-4/h1-2H,(H,7,8,12). The lowest BCUT2D eigenvalue weighted by Gasteiger charge is -1.84. The van der Waals surface area contributed by atoms with Crippen molar-refractivity contribution in [3.8, 4) is 0 Å². The summed E-state index contributed by atoms with van der Waals surface area (Å²) in [5, 5.41) is 11.1. The minimum Gasteiger partial charge on any atom is -0.337 e. The van der Waals surface area contributed by atoms with E-state index < -0.39 is 4.92 Å². The van der Waals surface area contributed by atoms with Crippen molar-refractivity contribution in [2.75, 3.05) is 0 Å². The van der Waals surface area contributed by atoms with E-state index in [2.05, 4.69) is 9.97 Å². The normalized spacial score (nSPS) is 10.5. The number of aromatic nitrogens is 2. The number of nitro groups is 1. The molecule has 0 aliphatic heterocycles. The molecule has 2 aromatic heterocycles. The van der Waals surface area contributed by atoms with E-state index >= 15 is 0 Å². The van der Waals surface area contributed by atoms with Crippen molar-refractivity contribution in [1.29, 1.82) is 0 Å². The first-order chi connectivity index (χ1) is 6.18. The van der Waals surface area contributed by atoms with Crippen LogP contribution in [-0.4, -0.2) is 14.9 Å². The molecule has 0 aliphatic rings. The Labute approximate surface area is 81.2 Å². The molecule has 0 bridgehead atoms. The first-order valence-corrected chi connectivity index (χ1v) is 4.52. The minimum absolute atomic E-state index is 0.0631. The van der Waals surface area contributed by atoms with E-state index in [4.69, 9.17) is 12.2 Å². The Morgan fingerprint density at radius 2 is 2.46 bits per heavy atom. The van der Waals surface area contributed by atoms with Crippen molar-refractivity contribution in [2.45, 2.75) is 0 Å². The molecule has 2 rings (SSSR count). The molecule has 7 heteroatoms. The zero-order valence-electron chi connectivity index (χ0n) is 6.18. The topological polar surface area (TPSA) is 71.8 Å². The van der Waals surface area contributed by atoms with Gasteiger partial charge in [-0.1, -0.05) is 12.2 Å². The highest BCUT2D eigenvalue weighted by Gasteiger charge is 2.12. The highest BCUT2D eigenvalue weighted by molar-refractivity contribution is 7.71. The molecular weight excluding hydrogens is 210 g/mol. The zero-order chi connectivity index (χ0) is 9.42. The van der Waals surface area contributed by atoms with Gasteiger partial charge in [-0.05, 0) is 11.3 Å². The molecule has 1 N–H and O–H groups in total. The Bertz CT molecular complexity index is 530. The number of hydrogen-bond acceptors (Lipinski definition) is 5. The number of H-pyrrole nitrogens is 1. The third-order valence-electron chi connectivity index (χ3n) is 1.50. The van der Waals surface area contributed by atoms with Crippen LogP contribution in [0.15, 0.2) is 12.4 Å². The number of fused-ring (bicyclic) bond motifs is 1. The van der Waals surface area contributed by atoms with Crippen molar-refractivity contribution >= 4 is 38.8 Å². The van der Waals surface area contributed by atoms with Gasteiger partial charge in [0.1, 0.15) is 9.47 Å². The highest BCUT2D eigenvalue weighted by Crippen LogP contribution is 2.29. The van der Waals surface area contributed by atoms with Crippen LogP contribution in [0.1, 0.15) is 0 Å². The third kappa shape index (κ3) is 1.31. The van der Waals surface area contributed by atoms with Crippen molar-refractivity contribution in [3.05, 3.63) is 27.1 Å². The fourth-order valence-electron chi connectivity index (χ4n) is 0.945. The molecule has 0 aliphatic carbocycles. The zero-order valence-corrected chi connectivity index (χ0v) is 7.82. The quantitative estimate of drug-likeness (QED) is 0.448. The van der Waals surface area contributed by atoms with E-state index in [1.165, 1.54) is 12.4 Å². The van der Waals surface area contributed by atoms with Gasteiger partial charge in [-0.25, -0.2) is 4.98 Å². The maximum Gasteiger partial charge on any atom is 0.326 e. The van der Waals surface area contributed by atoms with Gasteiger partial charge in [0, 0.05) is 6.07 Å². The number of hydrogen-bond donors (Lipinski definition) is 1. The number of nitrogens with one attached hydrogen (secondary N) is 1. The maximum atomic E-state index is 10.4. The molecular formula is C6H3N3O2S2. The largest absolute Gasteiger partial charge is 0.337 e. The molecule has 66 valence electrons. The van der Waals surface area contributed by atoms with Crippen LogP contribution in [0.2, 0.25) is 0 Å². The van der Waals surface area contributed by atoms with Gasteiger partial charge in [0.15, 0.2) is 0 Å². The van der Waals surface area contributed by atoms with Gasteiger partial charge in [0.2, 0.25) is 0 Å². The number of rotatable bonds is 1. The minimum atomic E-state index is -0.443. The van der Waals surface area contributed by atoms with Crippen LogP contribution >= 0.6 is 23.6 Å². The average Bonchev–Trinajstić information content (AvgIpc) is 2.49. The van der Waals surface area contributed by atoms with Crippen LogP contribution in [0.4, 0.5) is 5.00 Å². The smallest absolute Gasteiger partial charge is 0.326 e. The summed E-state index contributed by atoms with van der Waals surface area (Å²) >= 11 is 5.96. The fourth-order valence-corrected chi connectivity index (χ4v) is 2.04. The van der Waals surface area contributed by atoms with Crippen LogP contribution < -0.4 is 0 Å². The Morgan fingerprint density at radius 3 is 3.08 bits per heavy atom. The van der Waals surface area contributed by atoms with Gasteiger partial charge in [-0.2, -0.15) is 0 Å². The lowest BCUT2D eigenvalue weighted by Crippen LogP contribution is -1.80. The van der Waals surface area contributed by atoms with Gasteiger partial charge < -0.3 is 4.98 Å². The second-order valence-electron chi connectivity index (χ2n) is 2.29. The Morgan fingerprint density at radius 1 is 1.69 bits per heavy atom. The summed E-state index contributed by atoms with van der Waals surface area (Å²) in [6.07, 6.45) is 1.44. The Balaban J connectivity index is 2.83. The Kier molecular flexibility index (Phi) is 1.82. The Hall–Kier alpha value is -1.34. The van der Waals surface area contributed by atoms with Crippen LogP contribution in [-0.2, 0) is 0 Å². The van der Waals surface area contributed by atoms with Crippen molar-refractivity contribution < 1.29 is 4.92 Å². The molecule has 0 fully saturated rings. The summed E-state index contributed by atoms with van der Waals surface area (Å²) in [7, 11) is 0. The summed E-state index contributed by atoms with van der Waals surface area (Å²) in [4.78, 5) is 17.2. The molecule has 0 unspecified atom stereocenters. The second-order valence-corrected chi connectivity index (χ2v) is 3.71. The van der Waals surface area contributed by atoms with Crippen LogP contribution in [0.3, 0.4) is 0 Å². The van der Waals surface area contributed by atoms with Gasteiger partial charge in [-0.3, -0.25) is 10.1 Å². The second kappa shape index (κ2) is 2.86. The SMILES string of the molecule is O=[N+]([O-])c1cc2c(=S)[nH]cnc2s1. The summed E-state index contributed by atoms with van der Waals surface area (Å²) in [5.74, 6) is 0. The maximum absolute atomic E-state index is 10.4. The van der Waals surface area contributed by atoms with Crippen LogP contribution in [0.5, 0.6) is 0 Å². The van der Waals surface area contributed by atoms with E-state index in [-0.39, 0.29) is 5.00 Å². The third-order valence-corrected chi connectivity index (χ3v) is 2.83. The number of thiophene rings is 1. The van der Waals surface area contributed by atoms with E-state index in [1.54, 1.807) is 0 Å². The molecule has 0 aromatic carbocycles. The van der Waals surface area contributed by atoms with Crippen molar-refractivity contribution in [1.82, 2.24) is 9.97 Å². The first-order valence-electron chi connectivity index (χ1n) is 3.30. The molecule has 13 heavy (non-hydrogen) atoms. The predicted octanol–water partition coefficient (Wildman–Crippen LogP) is 2.26. The lowest BCUT2D eigenvalue weighted by molar-refractivity contribution is -0.380. The van der Waals surface area contributed by atoms with E-state index in [9.17, 15) is 10.1 Å². The van der Waals surface area contributed by atoms with E-state index in [0.717, 1.165) is 11.3 Å². The first kappa shape index (κ1) is 8.27. The van der Waals surface area contributed by atoms with Gasteiger partial charge in [0.25, 0.3) is 0 Å². The molecule has 0 saturated heterocycles. The monoisotopic (exact) mass is 213 g/mol. The molecule has 0 atom stereocenters. The van der Waals surface area contributed by atoms with Gasteiger partial charge >= 0.3 is 5.00 Å². The number of nitrogens with zero attached hydrogens (tertiary/aromatic N) is 2. The predicted molar refractivity (Wildman–Crippen MR) is 51.5 cm³/mol. The average molecular weight is 213 g/mol. The molecule has 2 heterocycles. The molecule has 0 saturated carbocycles. The van der Waals surface area contributed by atoms with E-state index in [0.29, 0.717) is 14.9 Å². The van der Waals surface area contributed by atoms with Crippen molar-refractivity contribution in [2.24, 2.45) is 0 Å². The van der Waals surface area contributed by atoms with Crippen LogP contribution in [0.25, 0.3) is 10.2 Å². The molecule has 2 aromatic rings. The van der Waals surface area contributed by atoms with Gasteiger partial charge in [-0.15, -0.1) is 0 Å². The summed E-state index contributed by atoms with van der Waals surface area (Å²) in [5.41, 5.74) is 0. The molecule has 0 amide bonds. The molecule has 5 nitrogen and oxygen atoms in total. The fraction of sp³-hybridized carbons (Fsp3) is 0. The van der Waals surface area contributed by atoms with Gasteiger partial charge in [0.05, 0.1) is 16.6 Å². The summed E-state index contributed by atoms with van der Waals surface area (Å²) in [6.45, 7) is 0. The van der Waals surface area contributed by atoms with Crippen molar-refractivity contribution in [3.63, 3.8) is 0 Å². The lowest BCUT2D eigenvalue weighted by atomic mass is 10.4.